The molecule has 418 valence electrons. The van der Waals surface area contributed by atoms with Gasteiger partial charge in [0.25, 0.3) is 0 Å². The van der Waals surface area contributed by atoms with Gasteiger partial charge in [0.1, 0.15) is 16.6 Å². The van der Waals surface area contributed by atoms with E-state index in [2.05, 4.69) is 131 Å². The van der Waals surface area contributed by atoms with E-state index in [0.29, 0.717) is 32.8 Å². The maximum atomic E-state index is 5.83. The smallest absolute Gasteiger partial charge is 0.160 e. The molecule has 0 saturated carbocycles. The van der Waals surface area contributed by atoms with Crippen molar-refractivity contribution in [2.45, 2.75) is 51.7 Å². The number of imidazole rings is 3. The summed E-state index contributed by atoms with van der Waals surface area (Å²) < 4.78 is 21.4. The van der Waals surface area contributed by atoms with Gasteiger partial charge in [0.15, 0.2) is 23.2 Å². The molecular formula is C65H56N18O2. The number of hydrogen-bond acceptors (Lipinski definition) is 14. The van der Waals surface area contributed by atoms with E-state index in [1.807, 2.05) is 141 Å². The van der Waals surface area contributed by atoms with Crippen molar-refractivity contribution in [3.8, 4) is 33.8 Å². The average Bonchev–Trinajstić information content (AvgIpc) is 4.64. The third-order valence-electron chi connectivity index (χ3n) is 14.9. The molecular weight excluding hydrogens is 1060 g/mol. The van der Waals surface area contributed by atoms with Gasteiger partial charge in [-0.15, -0.1) is 0 Å². The summed E-state index contributed by atoms with van der Waals surface area (Å²) in [6.45, 7) is 4.16. The minimum atomic E-state index is -0.0768. The van der Waals surface area contributed by atoms with Crippen molar-refractivity contribution >= 4 is 66.2 Å². The van der Waals surface area contributed by atoms with Gasteiger partial charge in [0.05, 0.1) is 104 Å². The zero-order chi connectivity index (χ0) is 56.9. The zero-order valence-electron chi connectivity index (χ0n) is 46.4. The lowest BCUT2D eigenvalue weighted by Gasteiger charge is -2.22. The molecule has 1 aliphatic rings. The van der Waals surface area contributed by atoms with Crippen LogP contribution in [0.4, 0.5) is 0 Å². The minimum absolute atomic E-state index is 0.0768. The molecule has 1 aliphatic heterocycles. The van der Waals surface area contributed by atoms with Crippen molar-refractivity contribution < 1.29 is 9.47 Å². The Morgan fingerprint density at radius 3 is 1.45 bits per heavy atom. The Balaban J connectivity index is 0.000000115. The summed E-state index contributed by atoms with van der Waals surface area (Å²) in [4.78, 5) is 41.1. The molecule has 0 spiro atoms. The van der Waals surface area contributed by atoms with E-state index in [1.54, 1.807) is 10.9 Å². The van der Waals surface area contributed by atoms with Gasteiger partial charge in [-0.2, -0.15) is 15.3 Å². The third kappa shape index (κ3) is 11.7. The lowest BCUT2D eigenvalue weighted by Crippen LogP contribution is -2.24. The standard InChI is InChI=1S/C26H26N6O2.C20H16N6.C19H14N6/c1-2-12-33-25(5-1)34-13-11-32-17-21(15-29-32)23-8-9-24-26(30-23)31(18-28-24)16-19-6-7-22-20(14-19)4-3-10-27-22;1-25-12-16(10-23-25)18-6-7-19-20(24-18)26(13-22-19)11-14-4-5-17-15(9-14)3-2-8-21-17;1-2-14-8-13(3-4-16(14)20-7-1)11-25-12-21-18-6-5-17(24-19(18)25)15-9-22-23-10-15/h3-4,6-10,14-15,17-18,25H,1-2,5,11-13,16H2;2-10,12-13H,11H2,1H3;1-10,12H,11H2,(H,22,23). The number of aryl methyl sites for hydroxylation is 1. The minimum Gasteiger partial charge on any atom is -0.353 e. The fraction of sp³-hybridized carbons (Fsp3) is 0.169. The van der Waals surface area contributed by atoms with Crippen LogP contribution in [-0.4, -0.2) is 108 Å². The highest BCUT2D eigenvalue weighted by Crippen LogP contribution is 2.26. The van der Waals surface area contributed by atoms with E-state index >= 15 is 0 Å². The first-order valence-electron chi connectivity index (χ1n) is 28.2. The van der Waals surface area contributed by atoms with Crippen LogP contribution in [-0.2, 0) is 42.7 Å². The predicted molar refractivity (Wildman–Crippen MR) is 326 cm³/mol. The van der Waals surface area contributed by atoms with Gasteiger partial charge in [-0.05, 0) is 127 Å². The summed E-state index contributed by atoms with van der Waals surface area (Å²) in [6, 6.07) is 43.0. The predicted octanol–water partition coefficient (Wildman–Crippen LogP) is 11.3. The molecule has 0 aliphatic carbocycles. The van der Waals surface area contributed by atoms with Crippen molar-refractivity contribution in [1.82, 2.24) is 88.3 Å². The Bertz CT molecular complexity index is 4780. The normalized spacial score (nSPS) is 13.4. The lowest BCUT2D eigenvalue weighted by atomic mass is 10.1. The molecule has 20 nitrogen and oxygen atoms in total. The number of H-pyrrole nitrogens is 1. The number of aromatic amines is 1. The van der Waals surface area contributed by atoms with Gasteiger partial charge in [-0.1, -0.05) is 36.4 Å². The van der Waals surface area contributed by atoms with Crippen LogP contribution in [0.1, 0.15) is 36.0 Å². The fourth-order valence-corrected chi connectivity index (χ4v) is 10.6. The van der Waals surface area contributed by atoms with E-state index in [1.165, 1.54) is 23.1 Å². The molecule has 20 heteroatoms. The lowest BCUT2D eigenvalue weighted by molar-refractivity contribution is -0.163. The summed E-state index contributed by atoms with van der Waals surface area (Å²) in [7, 11) is 1.90. The van der Waals surface area contributed by atoms with Crippen molar-refractivity contribution in [3.05, 3.63) is 219 Å². The zero-order valence-corrected chi connectivity index (χ0v) is 46.4. The number of aromatic nitrogens is 18. The first-order valence-corrected chi connectivity index (χ1v) is 28.2. The Morgan fingerprint density at radius 1 is 0.506 bits per heavy atom. The Morgan fingerprint density at radius 2 is 0.988 bits per heavy atom. The number of rotatable bonds is 13. The van der Waals surface area contributed by atoms with Gasteiger partial charge in [0.2, 0.25) is 0 Å². The molecule has 0 amide bonds. The second-order valence-electron chi connectivity index (χ2n) is 20.9. The number of benzene rings is 3. The second kappa shape index (κ2) is 23.6. The maximum Gasteiger partial charge on any atom is 0.160 e. The van der Waals surface area contributed by atoms with Crippen LogP contribution in [0.3, 0.4) is 0 Å². The largest absolute Gasteiger partial charge is 0.353 e. The van der Waals surface area contributed by atoms with Crippen molar-refractivity contribution in [1.29, 1.82) is 0 Å². The molecule has 12 aromatic heterocycles. The molecule has 13 heterocycles. The first kappa shape index (κ1) is 52.4. The molecule has 0 radical (unpaired) electrons. The van der Waals surface area contributed by atoms with Crippen LogP contribution in [0.5, 0.6) is 0 Å². The summed E-state index contributed by atoms with van der Waals surface area (Å²) in [6.07, 6.45) is 25.4. The molecule has 1 atom stereocenters. The van der Waals surface area contributed by atoms with Crippen LogP contribution in [0.2, 0.25) is 0 Å². The van der Waals surface area contributed by atoms with Gasteiger partial charge in [0, 0.05) is 83.7 Å². The number of hydrogen-bond donors (Lipinski definition) is 1. The van der Waals surface area contributed by atoms with E-state index in [0.717, 1.165) is 119 Å². The van der Waals surface area contributed by atoms with Crippen LogP contribution in [0, 0.1) is 0 Å². The number of nitrogens with zero attached hydrogens (tertiary/aromatic N) is 17. The van der Waals surface area contributed by atoms with Crippen LogP contribution >= 0.6 is 0 Å². The highest BCUT2D eigenvalue weighted by molar-refractivity contribution is 5.82. The molecule has 1 fully saturated rings. The Labute approximate surface area is 486 Å². The number of ether oxygens (including phenoxy) is 2. The van der Waals surface area contributed by atoms with Crippen LogP contribution in [0.15, 0.2) is 202 Å². The third-order valence-corrected chi connectivity index (χ3v) is 14.9. The highest BCUT2D eigenvalue weighted by Gasteiger charge is 2.16. The van der Waals surface area contributed by atoms with Gasteiger partial charge < -0.3 is 23.2 Å². The van der Waals surface area contributed by atoms with E-state index in [-0.39, 0.29) is 6.29 Å². The number of fused-ring (bicyclic) bond motifs is 6. The highest BCUT2D eigenvalue weighted by atomic mass is 16.7. The summed E-state index contributed by atoms with van der Waals surface area (Å²) >= 11 is 0. The van der Waals surface area contributed by atoms with Crippen LogP contribution < -0.4 is 0 Å². The van der Waals surface area contributed by atoms with Gasteiger partial charge >= 0.3 is 0 Å². The van der Waals surface area contributed by atoms with E-state index in [4.69, 9.17) is 24.4 Å². The van der Waals surface area contributed by atoms with Gasteiger partial charge in [-0.25, -0.2) is 29.9 Å². The number of pyridine rings is 6. The van der Waals surface area contributed by atoms with Crippen molar-refractivity contribution in [2.24, 2.45) is 7.05 Å². The fourth-order valence-electron chi connectivity index (χ4n) is 10.6. The number of nitrogens with one attached hydrogen (secondary N) is 1. The molecule has 16 rings (SSSR count). The van der Waals surface area contributed by atoms with Crippen molar-refractivity contribution in [2.75, 3.05) is 13.2 Å². The molecule has 1 N–H and O–H groups in total. The van der Waals surface area contributed by atoms with E-state index in [9.17, 15) is 0 Å². The van der Waals surface area contributed by atoms with Crippen molar-refractivity contribution in [3.63, 3.8) is 0 Å². The molecule has 0 bridgehead atoms. The maximum absolute atomic E-state index is 5.83. The average molecular weight is 1120 g/mol. The first-order chi connectivity index (χ1) is 41.9. The molecule has 15 aromatic rings. The van der Waals surface area contributed by atoms with Gasteiger partial charge in [-0.3, -0.25) is 29.4 Å². The topological polar surface area (TPSA) is 214 Å². The SMILES string of the molecule is Cn1cc(-c2ccc3ncn(Cc4ccc5ncccc5c4)c3n2)cn1.c1cnc2ccc(Cn3cnc4ccc(-c5cn[nH]c5)nc43)cc2c1.c1cnc2ccc(Cn3cnc4ccc(-c5cnn(CCOC6CCCCO6)c5)nc43)cc2c1. The molecule has 85 heavy (non-hydrogen) atoms. The second-order valence-corrected chi connectivity index (χ2v) is 20.9. The summed E-state index contributed by atoms with van der Waals surface area (Å²) in [5.41, 5.74) is 17.4. The quantitative estimate of drug-likeness (QED) is 0.114. The van der Waals surface area contributed by atoms with Crippen LogP contribution in [0.25, 0.3) is 100.0 Å². The molecule has 1 saturated heterocycles. The Kier molecular flexibility index (Phi) is 14.6. The molecule has 3 aromatic carbocycles. The summed E-state index contributed by atoms with van der Waals surface area (Å²) in [5, 5.41) is 18.9. The van der Waals surface area contributed by atoms with E-state index < -0.39 is 0 Å². The monoisotopic (exact) mass is 1120 g/mol. The molecule has 1 unspecified atom stereocenters. The Hall–Kier alpha value is -10.7. The summed E-state index contributed by atoms with van der Waals surface area (Å²) in [5.74, 6) is 0.